The maximum Gasteiger partial charge on any atom is 0.0811 e. The van der Waals surface area contributed by atoms with Gasteiger partial charge in [0, 0.05) is 12.6 Å². The first-order valence-corrected chi connectivity index (χ1v) is 5.71. The van der Waals surface area contributed by atoms with Gasteiger partial charge in [0.1, 0.15) is 0 Å². The number of rotatable bonds is 2. The highest BCUT2D eigenvalue weighted by Gasteiger charge is 2.42. The highest BCUT2D eigenvalue weighted by atomic mass is 16.5. The Balaban J connectivity index is 2.76. The quantitative estimate of drug-likeness (QED) is 0.738. The lowest BCUT2D eigenvalue weighted by Crippen LogP contribution is -2.57. The Morgan fingerprint density at radius 2 is 1.93 bits per heavy atom. The zero-order valence-electron chi connectivity index (χ0n) is 10.3. The van der Waals surface area contributed by atoms with Crippen molar-refractivity contribution in [2.75, 3.05) is 13.7 Å². The predicted octanol–water partition coefficient (Wildman–Crippen LogP) is 2.58. The fraction of sp³-hybridized carbons (Fsp3) is 1.00. The summed E-state index contributed by atoms with van der Waals surface area (Å²) in [7, 11) is 2.04. The molecule has 84 valence electrons. The van der Waals surface area contributed by atoms with E-state index in [0.29, 0.717) is 6.04 Å². The van der Waals surface area contributed by atoms with E-state index < -0.39 is 0 Å². The molecule has 1 N–H and O–H groups in total. The molecule has 0 aromatic rings. The van der Waals surface area contributed by atoms with Gasteiger partial charge >= 0.3 is 0 Å². The molecule has 2 heteroatoms. The van der Waals surface area contributed by atoms with Gasteiger partial charge in [0.05, 0.1) is 5.60 Å². The van der Waals surface area contributed by atoms with E-state index >= 15 is 0 Å². The summed E-state index contributed by atoms with van der Waals surface area (Å²) < 4.78 is 5.98. The van der Waals surface area contributed by atoms with E-state index in [1.54, 1.807) is 0 Å². The van der Waals surface area contributed by atoms with Crippen LogP contribution in [0.25, 0.3) is 0 Å². The predicted molar refractivity (Wildman–Crippen MR) is 60.5 cm³/mol. The lowest BCUT2D eigenvalue weighted by Gasteiger charge is -2.46. The van der Waals surface area contributed by atoms with E-state index in [-0.39, 0.29) is 11.0 Å². The van der Waals surface area contributed by atoms with Crippen LogP contribution in [0.4, 0.5) is 0 Å². The highest BCUT2D eigenvalue weighted by molar-refractivity contribution is 4.97. The molecule has 1 fully saturated rings. The molecule has 0 aromatic heterocycles. The fourth-order valence-corrected chi connectivity index (χ4v) is 2.84. The minimum absolute atomic E-state index is 0.0191. The lowest BCUT2D eigenvalue weighted by atomic mass is 9.74. The van der Waals surface area contributed by atoms with Gasteiger partial charge in [0.25, 0.3) is 0 Å². The first-order valence-electron chi connectivity index (χ1n) is 5.71. The lowest BCUT2D eigenvalue weighted by molar-refractivity contribution is -0.108. The Bertz CT molecular complexity index is 177. The molecule has 1 aliphatic heterocycles. The molecule has 2 unspecified atom stereocenters. The van der Waals surface area contributed by atoms with Gasteiger partial charge in [0.15, 0.2) is 0 Å². The van der Waals surface area contributed by atoms with Crippen molar-refractivity contribution < 1.29 is 4.74 Å². The molecule has 1 heterocycles. The Labute approximate surface area is 88.4 Å². The van der Waals surface area contributed by atoms with Crippen molar-refractivity contribution in [1.29, 1.82) is 0 Å². The summed E-state index contributed by atoms with van der Waals surface area (Å²) in [5.41, 5.74) is 0.270. The molecule has 0 spiro atoms. The van der Waals surface area contributed by atoms with Crippen molar-refractivity contribution in [2.45, 2.75) is 58.6 Å². The normalized spacial score (nSPS) is 31.5. The average Bonchev–Trinajstić information content (AvgIpc) is 2.03. The topological polar surface area (TPSA) is 21.3 Å². The zero-order chi connectivity index (χ0) is 10.8. The van der Waals surface area contributed by atoms with Crippen molar-refractivity contribution in [3.05, 3.63) is 0 Å². The zero-order valence-corrected chi connectivity index (χ0v) is 10.3. The number of hydrogen-bond acceptors (Lipinski definition) is 2. The van der Waals surface area contributed by atoms with Gasteiger partial charge in [-0.05, 0) is 38.6 Å². The molecule has 1 aliphatic rings. The molecule has 0 aromatic carbocycles. The molecule has 2 nitrogen and oxygen atoms in total. The second-order valence-corrected chi connectivity index (χ2v) is 5.71. The van der Waals surface area contributed by atoms with Crippen LogP contribution in [-0.4, -0.2) is 25.3 Å². The van der Waals surface area contributed by atoms with Crippen molar-refractivity contribution in [1.82, 2.24) is 5.32 Å². The summed E-state index contributed by atoms with van der Waals surface area (Å²) in [5.74, 6) is 0. The van der Waals surface area contributed by atoms with Crippen LogP contribution in [0, 0.1) is 5.41 Å². The Hall–Kier alpha value is -0.0800. The van der Waals surface area contributed by atoms with Crippen LogP contribution >= 0.6 is 0 Å². The second-order valence-electron chi connectivity index (χ2n) is 5.71. The molecule has 1 saturated heterocycles. The Morgan fingerprint density at radius 1 is 1.29 bits per heavy atom. The van der Waals surface area contributed by atoms with Gasteiger partial charge in [0.2, 0.25) is 0 Å². The maximum atomic E-state index is 5.98. The highest BCUT2D eigenvalue weighted by Crippen LogP contribution is 2.36. The summed E-state index contributed by atoms with van der Waals surface area (Å²) in [5, 5.41) is 3.43. The van der Waals surface area contributed by atoms with Gasteiger partial charge < -0.3 is 10.1 Å². The number of hydrogen-bond donors (Lipinski definition) is 1. The van der Waals surface area contributed by atoms with Crippen LogP contribution in [0.3, 0.4) is 0 Å². The SMILES string of the molecule is CNC(C(C)(C)C)C1(C)CCCCO1. The van der Waals surface area contributed by atoms with Crippen molar-refractivity contribution >= 4 is 0 Å². The molecule has 0 bridgehead atoms. The third kappa shape index (κ3) is 2.48. The number of ether oxygens (including phenoxy) is 1. The van der Waals surface area contributed by atoms with Crippen LogP contribution in [0.2, 0.25) is 0 Å². The van der Waals surface area contributed by atoms with Crippen molar-refractivity contribution in [3.8, 4) is 0 Å². The van der Waals surface area contributed by atoms with E-state index in [1.165, 1.54) is 19.3 Å². The van der Waals surface area contributed by atoms with E-state index in [2.05, 4.69) is 33.0 Å². The van der Waals surface area contributed by atoms with Crippen molar-refractivity contribution in [2.24, 2.45) is 5.41 Å². The molecule has 0 amide bonds. The molecule has 0 aliphatic carbocycles. The van der Waals surface area contributed by atoms with Gasteiger partial charge in [-0.2, -0.15) is 0 Å². The first kappa shape index (κ1) is 12.0. The minimum Gasteiger partial charge on any atom is -0.374 e. The summed E-state index contributed by atoms with van der Waals surface area (Å²) >= 11 is 0. The number of likely N-dealkylation sites (N-methyl/N-ethyl adjacent to an activating group) is 1. The third-order valence-electron chi connectivity index (χ3n) is 3.26. The van der Waals surface area contributed by atoms with Crippen LogP contribution in [0.15, 0.2) is 0 Å². The Morgan fingerprint density at radius 3 is 2.29 bits per heavy atom. The van der Waals surface area contributed by atoms with Gasteiger partial charge in [-0.25, -0.2) is 0 Å². The molecule has 0 saturated carbocycles. The molecule has 2 atom stereocenters. The molecule has 1 rings (SSSR count). The van der Waals surface area contributed by atoms with Gasteiger partial charge in [-0.15, -0.1) is 0 Å². The fourth-order valence-electron chi connectivity index (χ4n) is 2.84. The van der Waals surface area contributed by atoms with Gasteiger partial charge in [-0.3, -0.25) is 0 Å². The summed E-state index contributed by atoms with van der Waals surface area (Å²) in [6.07, 6.45) is 3.69. The van der Waals surface area contributed by atoms with E-state index in [0.717, 1.165) is 6.61 Å². The number of nitrogens with one attached hydrogen (secondary N) is 1. The summed E-state index contributed by atoms with van der Waals surface area (Å²) in [4.78, 5) is 0. The average molecular weight is 199 g/mol. The standard InChI is InChI=1S/C12H25NO/c1-11(2,3)10(13-5)12(4)8-6-7-9-14-12/h10,13H,6-9H2,1-5H3. The minimum atomic E-state index is 0.0191. The van der Waals surface area contributed by atoms with E-state index in [4.69, 9.17) is 4.74 Å². The first-order chi connectivity index (χ1) is 6.40. The monoisotopic (exact) mass is 199 g/mol. The molecular weight excluding hydrogens is 174 g/mol. The smallest absolute Gasteiger partial charge is 0.0811 e. The largest absolute Gasteiger partial charge is 0.374 e. The summed E-state index contributed by atoms with van der Waals surface area (Å²) in [6.45, 7) is 10.00. The maximum absolute atomic E-state index is 5.98. The second kappa shape index (κ2) is 4.19. The van der Waals surface area contributed by atoms with E-state index in [1.807, 2.05) is 7.05 Å². The van der Waals surface area contributed by atoms with Crippen LogP contribution < -0.4 is 5.32 Å². The molecule has 0 radical (unpaired) electrons. The van der Waals surface area contributed by atoms with Crippen LogP contribution in [0.1, 0.15) is 47.0 Å². The van der Waals surface area contributed by atoms with Crippen molar-refractivity contribution in [3.63, 3.8) is 0 Å². The molecule has 14 heavy (non-hydrogen) atoms. The third-order valence-corrected chi connectivity index (χ3v) is 3.26. The molecular formula is C12H25NO. The van der Waals surface area contributed by atoms with E-state index in [9.17, 15) is 0 Å². The van der Waals surface area contributed by atoms with Crippen LogP contribution in [-0.2, 0) is 4.74 Å². The van der Waals surface area contributed by atoms with Gasteiger partial charge in [-0.1, -0.05) is 20.8 Å². The summed E-state index contributed by atoms with van der Waals surface area (Å²) in [6, 6.07) is 0.426. The Kier molecular flexibility index (Phi) is 3.59. The van der Waals surface area contributed by atoms with Crippen LogP contribution in [0.5, 0.6) is 0 Å².